The summed E-state index contributed by atoms with van der Waals surface area (Å²) in [6.45, 7) is 1.99. The molecule has 0 unspecified atom stereocenters. The Balaban J connectivity index is 2.03. The lowest BCUT2D eigenvalue weighted by atomic mass is 9.59. The van der Waals surface area contributed by atoms with E-state index in [2.05, 4.69) is 0 Å². The molecule has 1 heterocycles. The third kappa shape index (κ3) is 0.738. The maximum absolute atomic E-state index is 11.9. The number of ether oxygens (including phenoxy) is 1. The van der Waals surface area contributed by atoms with Gasteiger partial charge in [-0.05, 0) is 26.2 Å². The highest BCUT2D eigenvalue weighted by molar-refractivity contribution is 5.96. The zero-order valence-corrected chi connectivity index (χ0v) is 8.34. The monoisotopic (exact) mass is 194 g/mol. The molecule has 3 atom stereocenters. The minimum atomic E-state index is -0.377. The van der Waals surface area contributed by atoms with Gasteiger partial charge >= 0.3 is 0 Å². The zero-order valence-electron chi connectivity index (χ0n) is 8.34. The van der Waals surface area contributed by atoms with Crippen molar-refractivity contribution >= 4 is 11.6 Å². The average Bonchev–Trinajstić information content (AvgIpc) is 2.87. The first-order valence-corrected chi connectivity index (χ1v) is 5.34. The Morgan fingerprint density at radius 3 is 2.86 bits per heavy atom. The van der Waals surface area contributed by atoms with E-state index in [1.807, 2.05) is 6.92 Å². The molecule has 76 valence electrons. The van der Waals surface area contributed by atoms with Gasteiger partial charge in [0.15, 0.2) is 5.78 Å². The van der Waals surface area contributed by atoms with E-state index in [1.54, 1.807) is 0 Å². The first-order chi connectivity index (χ1) is 6.60. The van der Waals surface area contributed by atoms with Crippen LogP contribution in [0, 0.1) is 5.41 Å². The molecule has 0 aromatic carbocycles. The fourth-order valence-electron chi connectivity index (χ4n) is 3.27. The van der Waals surface area contributed by atoms with E-state index in [9.17, 15) is 9.59 Å². The maximum Gasteiger partial charge on any atom is 0.164 e. The fraction of sp³-hybridized carbons (Fsp3) is 0.818. The van der Waals surface area contributed by atoms with Crippen LogP contribution in [-0.4, -0.2) is 23.3 Å². The lowest BCUT2D eigenvalue weighted by Crippen LogP contribution is -2.51. The van der Waals surface area contributed by atoms with E-state index in [4.69, 9.17) is 4.74 Å². The Kier molecular flexibility index (Phi) is 1.39. The van der Waals surface area contributed by atoms with E-state index in [1.165, 1.54) is 0 Å². The summed E-state index contributed by atoms with van der Waals surface area (Å²) in [5.74, 6) is 0.510. The zero-order chi connectivity index (χ0) is 9.97. The molecule has 0 N–H and O–H groups in total. The Bertz CT molecular complexity index is 335. The summed E-state index contributed by atoms with van der Waals surface area (Å²) >= 11 is 0. The van der Waals surface area contributed by atoms with Crippen LogP contribution >= 0.6 is 0 Å². The molecule has 14 heavy (non-hydrogen) atoms. The molecule has 3 fully saturated rings. The smallest absolute Gasteiger partial charge is 0.164 e. The average molecular weight is 194 g/mol. The van der Waals surface area contributed by atoms with Crippen LogP contribution in [-0.2, 0) is 14.3 Å². The van der Waals surface area contributed by atoms with E-state index in [0.717, 1.165) is 12.8 Å². The van der Waals surface area contributed by atoms with Gasteiger partial charge in [0.2, 0.25) is 0 Å². The molecule has 1 saturated heterocycles. The highest BCUT2D eigenvalue weighted by Crippen LogP contribution is 2.62. The van der Waals surface area contributed by atoms with Gasteiger partial charge in [-0.25, -0.2) is 0 Å². The molecule has 1 aliphatic heterocycles. The number of carbonyl (C=O) groups excluding carboxylic acids is 2. The van der Waals surface area contributed by atoms with E-state index in [0.29, 0.717) is 25.0 Å². The molecule has 3 heteroatoms. The van der Waals surface area contributed by atoms with Crippen LogP contribution in [0.5, 0.6) is 0 Å². The van der Waals surface area contributed by atoms with E-state index < -0.39 is 0 Å². The Hall–Kier alpha value is -0.700. The molecule has 0 amide bonds. The predicted molar refractivity (Wildman–Crippen MR) is 48.8 cm³/mol. The molecule has 2 aliphatic carbocycles. The highest BCUT2D eigenvalue weighted by atomic mass is 16.6. The second kappa shape index (κ2) is 2.27. The van der Waals surface area contributed by atoms with Crippen LogP contribution in [0.4, 0.5) is 0 Å². The van der Waals surface area contributed by atoms with Crippen molar-refractivity contribution in [2.24, 2.45) is 5.41 Å². The van der Waals surface area contributed by atoms with Crippen LogP contribution in [0.2, 0.25) is 0 Å². The molecule has 3 rings (SSSR count). The molecule has 0 aromatic rings. The van der Waals surface area contributed by atoms with Gasteiger partial charge in [0.05, 0.1) is 5.41 Å². The van der Waals surface area contributed by atoms with Crippen molar-refractivity contribution in [3.05, 3.63) is 0 Å². The summed E-state index contributed by atoms with van der Waals surface area (Å²) in [4.78, 5) is 23.4. The van der Waals surface area contributed by atoms with Crippen molar-refractivity contribution in [1.29, 1.82) is 0 Å². The highest BCUT2D eigenvalue weighted by Gasteiger charge is 2.74. The Labute approximate surface area is 82.8 Å². The molecule has 0 bridgehead atoms. The minimum absolute atomic E-state index is 0.206. The number of epoxide rings is 1. The molecule has 0 aromatic heterocycles. The largest absolute Gasteiger partial charge is 0.357 e. The molecule has 0 radical (unpaired) electrons. The lowest BCUT2D eigenvalue weighted by molar-refractivity contribution is -0.137. The van der Waals surface area contributed by atoms with Crippen LogP contribution in [0.15, 0.2) is 0 Å². The SMILES string of the molecule is C[C@]12CCC(=O)[C@@H]3O[C@@]31CCCC2=O. The molecule has 3 nitrogen and oxygen atoms in total. The number of Topliss-reactive ketones (excluding diaryl/α,β-unsaturated/α-hetero) is 2. The fourth-order valence-corrected chi connectivity index (χ4v) is 3.27. The maximum atomic E-state index is 11.9. The summed E-state index contributed by atoms with van der Waals surface area (Å²) in [6.07, 6.45) is 3.42. The van der Waals surface area contributed by atoms with Gasteiger partial charge in [-0.1, -0.05) is 0 Å². The van der Waals surface area contributed by atoms with Gasteiger partial charge in [0.25, 0.3) is 0 Å². The van der Waals surface area contributed by atoms with Gasteiger partial charge in [-0.15, -0.1) is 0 Å². The quantitative estimate of drug-likeness (QED) is 0.545. The standard InChI is InChI=1S/C11H14O3/c1-10-6-4-7(12)9-11(10,14-9)5-2-3-8(10)13/h9H,2-6H2,1H3/t9-,10+,11-/m0/s1. The van der Waals surface area contributed by atoms with Crippen molar-refractivity contribution in [3.63, 3.8) is 0 Å². The van der Waals surface area contributed by atoms with Gasteiger partial charge < -0.3 is 4.74 Å². The van der Waals surface area contributed by atoms with Crippen LogP contribution in [0.1, 0.15) is 39.0 Å². The van der Waals surface area contributed by atoms with Crippen molar-refractivity contribution in [1.82, 2.24) is 0 Å². The van der Waals surface area contributed by atoms with Crippen molar-refractivity contribution in [3.8, 4) is 0 Å². The van der Waals surface area contributed by atoms with Crippen LogP contribution in [0.3, 0.4) is 0 Å². The summed E-state index contributed by atoms with van der Waals surface area (Å²) < 4.78 is 5.58. The van der Waals surface area contributed by atoms with Gasteiger partial charge in [-0.3, -0.25) is 9.59 Å². The number of carbonyl (C=O) groups is 2. The normalized spacial score (nSPS) is 51.1. The van der Waals surface area contributed by atoms with Crippen molar-refractivity contribution in [2.75, 3.05) is 0 Å². The number of rotatable bonds is 0. The Morgan fingerprint density at radius 1 is 1.29 bits per heavy atom. The third-order valence-electron chi connectivity index (χ3n) is 4.36. The molecular formula is C11H14O3. The van der Waals surface area contributed by atoms with Gasteiger partial charge in [-0.2, -0.15) is 0 Å². The van der Waals surface area contributed by atoms with Gasteiger partial charge in [0.1, 0.15) is 17.5 Å². The number of hydrogen-bond acceptors (Lipinski definition) is 3. The molecule has 2 saturated carbocycles. The van der Waals surface area contributed by atoms with Crippen LogP contribution in [0.25, 0.3) is 0 Å². The van der Waals surface area contributed by atoms with Crippen LogP contribution < -0.4 is 0 Å². The first-order valence-electron chi connectivity index (χ1n) is 5.34. The molecular weight excluding hydrogens is 180 g/mol. The first kappa shape index (κ1) is 8.60. The van der Waals surface area contributed by atoms with Crippen molar-refractivity contribution in [2.45, 2.75) is 50.7 Å². The third-order valence-corrected chi connectivity index (χ3v) is 4.36. The predicted octanol–water partition coefficient (Wildman–Crippen LogP) is 1.25. The Morgan fingerprint density at radius 2 is 2.07 bits per heavy atom. The summed E-state index contributed by atoms with van der Waals surface area (Å²) in [6, 6.07) is 0. The van der Waals surface area contributed by atoms with Gasteiger partial charge in [0, 0.05) is 12.8 Å². The summed E-state index contributed by atoms with van der Waals surface area (Å²) in [7, 11) is 0. The van der Waals surface area contributed by atoms with Crippen molar-refractivity contribution < 1.29 is 14.3 Å². The second-order valence-electron chi connectivity index (χ2n) is 4.96. The minimum Gasteiger partial charge on any atom is -0.357 e. The molecule has 1 spiro atoms. The summed E-state index contributed by atoms with van der Waals surface area (Å²) in [5.41, 5.74) is -0.735. The summed E-state index contributed by atoms with van der Waals surface area (Å²) in [5, 5.41) is 0. The topological polar surface area (TPSA) is 46.7 Å². The second-order valence-corrected chi connectivity index (χ2v) is 4.96. The number of ketones is 2. The molecule has 3 aliphatic rings. The van der Waals surface area contributed by atoms with E-state index in [-0.39, 0.29) is 22.9 Å². The lowest BCUT2D eigenvalue weighted by Gasteiger charge is -2.40. The number of hydrogen-bond donors (Lipinski definition) is 0. The van der Waals surface area contributed by atoms with E-state index >= 15 is 0 Å².